The summed E-state index contributed by atoms with van der Waals surface area (Å²) in [7, 11) is 0. The molecule has 2 nitrogen and oxygen atoms in total. The molecule has 4 aromatic carbocycles. The number of hydrogen-bond donors (Lipinski definition) is 0. The van der Waals surface area contributed by atoms with E-state index in [0.717, 1.165) is 43.4 Å². The maximum Gasteiger partial charge on any atom is 0.432 e. The van der Waals surface area contributed by atoms with E-state index in [1.54, 1.807) is 6.07 Å². The molecule has 1 fully saturated rings. The second-order valence-electron chi connectivity index (χ2n) is 10.9. The summed E-state index contributed by atoms with van der Waals surface area (Å²) in [6, 6.07) is 8.41. The van der Waals surface area contributed by atoms with Gasteiger partial charge in [-0.25, -0.2) is 30.7 Å². The summed E-state index contributed by atoms with van der Waals surface area (Å²) in [4.78, 5) is 0. The number of hydrogen-bond acceptors (Lipinski definition) is 2. The van der Waals surface area contributed by atoms with Crippen LogP contribution in [-0.2, 0) is 10.8 Å². The smallest absolute Gasteiger partial charge is 0.429 e. The Hall–Kier alpha value is -3.99. The Labute approximate surface area is 253 Å². The fourth-order valence-corrected chi connectivity index (χ4v) is 5.68. The highest BCUT2D eigenvalue weighted by Crippen LogP contribution is 2.40. The molecule has 0 bridgehead atoms. The van der Waals surface area contributed by atoms with Gasteiger partial charge in [0.1, 0.15) is 34.6 Å². The summed E-state index contributed by atoms with van der Waals surface area (Å²) in [5.74, 6) is -10.8. The molecular weight excluding hydrogens is 611 g/mol. The Morgan fingerprint density at radius 2 is 1.18 bits per heavy atom. The van der Waals surface area contributed by atoms with Crippen LogP contribution in [0.25, 0.3) is 22.3 Å². The van der Waals surface area contributed by atoms with Crippen LogP contribution < -0.4 is 4.74 Å². The molecule has 0 unspecified atom stereocenters. The average Bonchev–Trinajstić information content (AvgIpc) is 2.98. The standard InChI is InChI=1S/C34H27F9O2/c1-2-44-17-18-3-5-19(6-4-18)20-7-9-24(26(35)11-20)21-12-28(37)32(29(38)13-21)34(42,43)45-23-8-10-25(27(36)16-23)22-14-30(39)33(41)31(40)15-22/h7-16,18-19H,2-6,17H2,1H3. The highest BCUT2D eigenvalue weighted by Gasteiger charge is 2.41. The van der Waals surface area contributed by atoms with Crippen molar-refractivity contribution in [3.63, 3.8) is 0 Å². The van der Waals surface area contributed by atoms with E-state index in [0.29, 0.717) is 49.5 Å². The summed E-state index contributed by atoms with van der Waals surface area (Å²) in [5.41, 5.74) is -2.48. The van der Waals surface area contributed by atoms with Crippen LogP contribution in [0.15, 0.2) is 60.7 Å². The summed E-state index contributed by atoms with van der Waals surface area (Å²) in [5, 5.41) is 0. The Kier molecular flexibility index (Phi) is 9.48. The van der Waals surface area contributed by atoms with Crippen LogP contribution in [0, 0.1) is 46.6 Å². The van der Waals surface area contributed by atoms with Crippen LogP contribution >= 0.6 is 0 Å². The van der Waals surface area contributed by atoms with Crippen molar-refractivity contribution in [3.8, 4) is 28.0 Å². The third-order valence-electron chi connectivity index (χ3n) is 7.99. The van der Waals surface area contributed by atoms with E-state index in [1.165, 1.54) is 12.1 Å². The number of alkyl halides is 2. The third kappa shape index (κ3) is 6.98. The van der Waals surface area contributed by atoms with Gasteiger partial charge < -0.3 is 9.47 Å². The first-order valence-corrected chi connectivity index (χ1v) is 14.3. The van der Waals surface area contributed by atoms with Crippen molar-refractivity contribution in [1.29, 1.82) is 0 Å². The molecule has 0 aliphatic heterocycles. The largest absolute Gasteiger partial charge is 0.432 e. The Balaban J connectivity index is 1.33. The Morgan fingerprint density at radius 1 is 0.644 bits per heavy atom. The van der Waals surface area contributed by atoms with E-state index in [9.17, 15) is 35.1 Å². The highest BCUT2D eigenvalue weighted by molar-refractivity contribution is 5.66. The van der Waals surface area contributed by atoms with Crippen molar-refractivity contribution >= 4 is 0 Å². The maximum atomic E-state index is 15.1. The van der Waals surface area contributed by atoms with Crippen LogP contribution in [0.1, 0.15) is 49.7 Å². The minimum absolute atomic E-state index is 0.107. The van der Waals surface area contributed by atoms with Gasteiger partial charge in [0.15, 0.2) is 17.5 Å². The van der Waals surface area contributed by atoms with Gasteiger partial charge in [0.25, 0.3) is 0 Å². The van der Waals surface area contributed by atoms with E-state index in [-0.39, 0.29) is 17.0 Å². The van der Waals surface area contributed by atoms with E-state index >= 15 is 4.39 Å². The molecule has 1 saturated carbocycles. The summed E-state index contributed by atoms with van der Waals surface area (Å²) in [6.07, 6.45) is -1.14. The Bertz CT molecular complexity index is 1650. The Morgan fingerprint density at radius 3 is 1.71 bits per heavy atom. The average molecular weight is 639 g/mol. The summed E-state index contributed by atoms with van der Waals surface area (Å²) < 4.78 is 140. The second-order valence-corrected chi connectivity index (χ2v) is 10.9. The zero-order valence-corrected chi connectivity index (χ0v) is 23.9. The van der Waals surface area contributed by atoms with Gasteiger partial charge in [-0.15, -0.1) is 0 Å². The van der Waals surface area contributed by atoms with Crippen LogP contribution in [0.4, 0.5) is 39.5 Å². The third-order valence-corrected chi connectivity index (χ3v) is 7.99. The molecule has 0 saturated heterocycles. The van der Waals surface area contributed by atoms with E-state index in [4.69, 9.17) is 4.74 Å². The molecule has 4 aromatic rings. The first-order valence-electron chi connectivity index (χ1n) is 14.3. The maximum absolute atomic E-state index is 15.1. The van der Waals surface area contributed by atoms with Gasteiger partial charge in [0.05, 0.1) is 0 Å². The molecule has 11 heteroatoms. The van der Waals surface area contributed by atoms with E-state index in [2.05, 4.69) is 4.74 Å². The first kappa shape index (κ1) is 32.4. The van der Waals surface area contributed by atoms with Crippen molar-refractivity contribution in [2.45, 2.75) is 44.6 Å². The molecule has 0 radical (unpaired) electrons. The predicted molar refractivity (Wildman–Crippen MR) is 149 cm³/mol. The molecule has 0 aromatic heterocycles. The van der Waals surface area contributed by atoms with Crippen molar-refractivity contribution < 1.29 is 49.0 Å². The molecule has 5 rings (SSSR count). The minimum atomic E-state index is -4.65. The molecule has 0 atom stereocenters. The molecule has 0 amide bonds. The lowest BCUT2D eigenvalue weighted by molar-refractivity contribution is -0.189. The van der Waals surface area contributed by atoms with Gasteiger partial charge in [-0.3, -0.25) is 0 Å². The van der Waals surface area contributed by atoms with Gasteiger partial charge in [-0.1, -0.05) is 12.1 Å². The normalized spacial score (nSPS) is 17.0. The van der Waals surface area contributed by atoms with Gasteiger partial charge in [0, 0.05) is 30.4 Å². The van der Waals surface area contributed by atoms with Crippen LogP contribution in [0.3, 0.4) is 0 Å². The zero-order valence-electron chi connectivity index (χ0n) is 23.9. The van der Waals surface area contributed by atoms with Crippen molar-refractivity contribution in [2.75, 3.05) is 13.2 Å². The molecular formula is C34H27F9O2. The second kappa shape index (κ2) is 13.2. The van der Waals surface area contributed by atoms with Crippen molar-refractivity contribution in [3.05, 3.63) is 113 Å². The van der Waals surface area contributed by atoms with Gasteiger partial charge in [0.2, 0.25) is 0 Å². The minimum Gasteiger partial charge on any atom is -0.429 e. The lowest BCUT2D eigenvalue weighted by Gasteiger charge is -2.28. The molecule has 1 aliphatic rings. The molecule has 0 spiro atoms. The SMILES string of the molecule is CCOCC1CCC(c2ccc(-c3cc(F)c(C(F)(F)Oc4ccc(-c5cc(F)c(F)c(F)c5)c(F)c4)c(F)c3)c(F)c2)CC1. The lowest BCUT2D eigenvalue weighted by atomic mass is 9.78. The van der Waals surface area contributed by atoms with Crippen molar-refractivity contribution in [1.82, 2.24) is 0 Å². The van der Waals surface area contributed by atoms with Crippen molar-refractivity contribution in [2.24, 2.45) is 5.92 Å². The fraction of sp³-hybridized carbons (Fsp3) is 0.294. The van der Waals surface area contributed by atoms with E-state index < -0.39 is 69.3 Å². The highest BCUT2D eigenvalue weighted by atomic mass is 19.3. The van der Waals surface area contributed by atoms with Crippen LogP contribution in [0.2, 0.25) is 0 Å². The predicted octanol–water partition coefficient (Wildman–Crippen LogP) is 10.4. The molecule has 0 heterocycles. The lowest BCUT2D eigenvalue weighted by Crippen LogP contribution is -2.25. The van der Waals surface area contributed by atoms with Gasteiger partial charge in [-0.05, 0) is 104 Å². The molecule has 1 aliphatic carbocycles. The monoisotopic (exact) mass is 638 g/mol. The molecule has 238 valence electrons. The summed E-state index contributed by atoms with van der Waals surface area (Å²) >= 11 is 0. The van der Waals surface area contributed by atoms with Gasteiger partial charge in [-0.2, -0.15) is 8.78 Å². The molecule has 45 heavy (non-hydrogen) atoms. The van der Waals surface area contributed by atoms with Crippen LogP contribution in [0.5, 0.6) is 5.75 Å². The zero-order chi connectivity index (χ0) is 32.5. The number of rotatable bonds is 9. The fourth-order valence-electron chi connectivity index (χ4n) is 5.68. The summed E-state index contributed by atoms with van der Waals surface area (Å²) in [6.45, 7) is 3.25. The number of ether oxygens (including phenoxy) is 2. The van der Waals surface area contributed by atoms with E-state index in [1.807, 2.05) is 6.92 Å². The topological polar surface area (TPSA) is 18.5 Å². The van der Waals surface area contributed by atoms with Gasteiger partial charge >= 0.3 is 6.11 Å². The molecule has 0 N–H and O–H groups in total. The first-order chi connectivity index (χ1) is 21.4. The number of halogens is 9. The quantitative estimate of drug-likeness (QED) is 0.134. The van der Waals surface area contributed by atoms with Crippen LogP contribution in [-0.4, -0.2) is 13.2 Å². The number of benzene rings is 4.